The highest BCUT2D eigenvalue weighted by Gasteiger charge is 2.23. The van der Waals surface area contributed by atoms with E-state index in [1.807, 2.05) is 6.07 Å². The number of methoxy groups -OCH3 is 1. The summed E-state index contributed by atoms with van der Waals surface area (Å²) in [6, 6.07) is 6.22. The number of rotatable bonds is 7. The van der Waals surface area contributed by atoms with E-state index >= 15 is 0 Å². The van der Waals surface area contributed by atoms with E-state index in [-0.39, 0.29) is 6.61 Å². The largest absolute Gasteiger partial charge is 0.495 e. The second kappa shape index (κ2) is 8.07. The smallest absolute Gasteiger partial charge is 0.134 e. The van der Waals surface area contributed by atoms with Crippen LogP contribution in [-0.2, 0) is 6.54 Å². The van der Waals surface area contributed by atoms with Crippen LogP contribution in [0.3, 0.4) is 0 Å². The standard InChI is InChI=1S/C18H25NO2/c1-3-19(13-15-7-8-15)14-16-9-10-18(21-2)17(12-16)6-4-5-11-20/h9-10,12,15,20H,3,5,7-8,11,13-14H2,1-2H3. The molecule has 114 valence electrons. The highest BCUT2D eigenvalue weighted by molar-refractivity contribution is 5.48. The molecule has 2 rings (SSSR count). The molecule has 1 aliphatic rings. The Morgan fingerprint density at radius 2 is 2.19 bits per heavy atom. The average Bonchev–Trinajstić information content (AvgIpc) is 3.31. The summed E-state index contributed by atoms with van der Waals surface area (Å²) in [6.45, 7) is 5.56. The van der Waals surface area contributed by atoms with E-state index in [1.54, 1.807) is 7.11 Å². The zero-order valence-corrected chi connectivity index (χ0v) is 13.1. The van der Waals surface area contributed by atoms with Crippen LogP contribution in [0.1, 0.15) is 37.3 Å². The van der Waals surface area contributed by atoms with Crippen molar-refractivity contribution in [2.75, 3.05) is 26.8 Å². The maximum Gasteiger partial charge on any atom is 0.134 e. The van der Waals surface area contributed by atoms with Gasteiger partial charge in [-0.2, -0.15) is 0 Å². The molecular formula is C18H25NO2. The fourth-order valence-corrected chi connectivity index (χ4v) is 2.39. The van der Waals surface area contributed by atoms with Crippen molar-refractivity contribution in [3.8, 4) is 17.6 Å². The maximum atomic E-state index is 8.83. The van der Waals surface area contributed by atoms with Crippen LogP contribution in [0.25, 0.3) is 0 Å². The first kappa shape index (κ1) is 15.9. The summed E-state index contributed by atoms with van der Waals surface area (Å²) in [6.07, 6.45) is 3.27. The Kier molecular flexibility index (Phi) is 6.10. The highest BCUT2D eigenvalue weighted by atomic mass is 16.5. The summed E-state index contributed by atoms with van der Waals surface area (Å²) >= 11 is 0. The van der Waals surface area contributed by atoms with Crippen molar-refractivity contribution in [1.82, 2.24) is 4.90 Å². The van der Waals surface area contributed by atoms with Gasteiger partial charge < -0.3 is 9.84 Å². The van der Waals surface area contributed by atoms with Gasteiger partial charge in [-0.05, 0) is 43.0 Å². The Hall–Kier alpha value is -1.50. The third-order valence-corrected chi connectivity index (χ3v) is 3.79. The lowest BCUT2D eigenvalue weighted by Crippen LogP contribution is -2.25. The molecule has 21 heavy (non-hydrogen) atoms. The van der Waals surface area contributed by atoms with Gasteiger partial charge in [0.05, 0.1) is 19.3 Å². The van der Waals surface area contributed by atoms with Crippen molar-refractivity contribution in [3.63, 3.8) is 0 Å². The molecule has 0 amide bonds. The van der Waals surface area contributed by atoms with Crippen molar-refractivity contribution in [2.24, 2.45) is 5.92 Å². The molecule has 0 heterocycles. The van der Waals surface area contributed by atoms with E-state index in [1.165, 1.54) is 24.9 Å². The Morgan fingerprint density at radius 1 is 1.38 bits per heavy atom. The predicted molar refractivity (Wildman–Crippen MR) is 85.2 cm³/mol. The molecule has 1 fully saturated rings. The second-order valence-electron chi connectivity index (χ2n) is 5.58. The number of aliphatic hydroxyl groups is 1. The monoisotopic (exact) mass is 287 g/mol. The molecule has 1 N–H and O–H groups in total. The molecule has 1 aliphatic carbocycles. The number of hydrogen-bond donors (Lipinski definition) is 1. The van der Waals surface area contributed by atoms with E-state index < -0.39 is 0 Å². The molecule has 0 atom stereocenters. The summed E-state index contributed by atoms with van der Waals surface area (Å²) in [7, 11) is 1.66. The van der Waals surface area contributed by atoms with Gasteiger partial charge in [-0.3, -0.25) is 4.90 Å². The minimum Gasteiger partial charge on any atom is -0.495 e. The van der Waals surface area contributed by atoms with Crippen LogP contribution in [0, 0.1) is 17.8 Å². The fraction of sp³-hybridized carbons (Fsp3) is 0.556. The van der Waals surface area contributed by atoms with Crippen LogP contribution in [0.5, 0.6) is 5.75 Å². The van der Waals surface area contributed by atoms with Crippen LogP contribution in [0.2, 0.25) is 0 Å². The van der Waals surface area contributed by atoms with Crippen molar-refractivity contribution in [3.05, 3.63) is 29.3 Å². The van der Waals surface area contributed by atoms with Crippen molar-refractivity contribution >= 4 is 0 Å². The number of ether oxygens (including phenoxy) is 1. The zero-order chi connectivity index (χ0) is 15.1. The Balaban J connectivity index is 2.08. The molecule has 0 bridgehead atoms. The molecule has 1 saturated carbocycles. The van der Waals surface area contributed by atoms with Gasteiger partial charge in [0.15, 0.2) is 0 Å². The molecule has 0 radical (unpaired) electrons. The van der Waals surface area contributed by atoms with Gasteiger partial charge in [0.1, 0.15) is 5.75 Å². The van der Waals surface area contributed by atoms with E-state index in [4.69, 9.17) is 9.84 Å². The lowest BCUT2D eigenvalue weighted by molar-refractivity contribution is 0.268. The van der Waals surface area contributed by atoms with E-state index in [0.717, 1.165) is 30.3 Å². The molecule has 0 spiro atoms. The van der Waals surface area contributed by atoms with Crippen LogP contribution in [0.15, 0.2) is 18.2 Å². The first-order chi connectivity index (χ1) is 10.3. The minimum atomic E-state index is 0.0972. The predicted octanol–water partition coefficient (Wildman–Crippen LogP) is 2.66. The zero-order valence-electron chi connectivity index (χ0n) is 13.1. The number of benzene rings is 1. The summed E-state index contributed by atoms with van der Waals surface area (Å²) in [5.74, 6) is 7.78. The fourth-order valence-electron chi connectivity index (χ4n) is 2.39. The summed E-state index contributed by atoms with van der Waals surface area (Å²) < 4.78 is 5.36. The van der Waals surface area contributed by atoms with E-state index in [9.17, 15) is 0 Å². The number of aliphatic hydroxyl groups excluding tert-OH is 1. The number of nitrogens with zero attached hydrogens (tertiary/aromatic N) is 1. The van der Waals surface area contributed by atoms with Gasteiger partial charge in [-0.25, -0.2) is 0 Å². The Labute approximate surface area is 127 Å². The molecule has 3 nitrogen and oxygen atoms in total. The third-order valence-electron chi connectivity index (χ3n) is 3.79. The number of hydrogen-bond acceptors (Lipinski definition) is 3. The Bertz CT molecular complexity index is 512. The summed E-state index contributed by atoms with van der Waals surface area (Å²) in [5.41, 5.74) is 2.18. The van der Waals surface area contributed by atoms with E-state index in [0.29, 0.717) is 6.42 Å². The maximum absolute atomic E-state index is 8.83. The minimum absolute atomic E-state index is 0.0972. The van der Waals surface area contributed by atoms with Gasteiger partial charge in [0, 0.05) is 19.5 Å². The third kappa shape index (κ3) is 5.08. The lowest BCUT2D eigenvalue weighted by Gasteiger charge is -2.20. The SMILES string of the molecule is CCN(Cc1ccc(OC)c(C#CCCO)c1)CC1CC1. The van der Waals surface area contributed by atoms with Gasteiger partial charge in [-0.1, -0.05) is 24.8 Å². The summed E-state index contributed by atoms with van der Waals surface area (Å²) in [4.78, 5) is 2.49. The average molecular weight is 287 g/mol. The van der Waals surface area contributed by atoms with Crippen LogP contribution in [-0.4, -0.2) is 36.8 Å². The first-order valence-corrected chi connectivity index (χ1v) is 7.75. The van der Waals surface area contributed by atoms with Crippen molar-refractivity contribution < 1.29 is 9.84 Å². The van der Waals surface area contributed by atoms with Gasteiger partial charge in [-0.15, -0.1) is 0 Å². The van der Waals surface area contributed by atoms with Crippen molar-refractivity contribution in [1.29, 1.82) is 0 Å². The molecular weight excluding hydrogens is 262 g/mol. The molecule has 3 heteroatoms. The van der Waals surface area contributed by atoms with Gasteiger partial charge >= 0.3 is 0 Å². The molecule has 0 saturated heterocycles. The van der Waals surface area contributed by atoms with Crippen LogP contribution in [0.4, 0.5) is 0 Å². The molecule has 0 unspecified atom stereocenters. The van der Waals surface area contributed by atoms with Gasteiger partial charge in [0.2, 0.25) is 0 Å². The van der Waals surface area contributed by atoms with Gasteiger partial charge in [0.25, 0.3) is 0 Å². The van der Waals surface area contributed by atoms with Crippen LogP contribution < -0.4 is 4.74 Å². The highest BCUT2D eigenvalue weighted by Crippen LogP contribution is 2.30. The normalized spacial score (nSPS) is 13.9. The molecule has 1 aromatic rings. The van der Waals surface area contributed by atoms with Crippen molar-refractivity contribution in [2.45, 2.75) is 32.7 Å². The Morgan fingerprint density at radius 3 is 2.81 bits per heavy atom. The molecule has 0 aromatic heterocycles. The lowest BCUT2D eigenvalue weighted by atomic mass is 10.1. The topological polar surface area (TPSA) is 32.7 Å². The quantitative estimate of drug-likeness (QED) is 0.783. The van der Waals surface area contributed by atoms with E-state index in [2.05, 4.69) is 35.8 Å². The summed E-state index contributed by atoms with van der Waals surface area (Å²) in [5, 5.41) is 8.83. The first-order valence-electron chi connectivity index (χ1n) is 7.75. The molecule has 0 aliphatic heterocycles. The van der Waals surface area contributed by atoms with Crippen LogP contribution >= 0.6 is 0 Å². The second-order valence-corrected chi connectivity index (χ2v) is 5.58. The molecule has 1 aromatic carbocycles.